The Morgan fingerprint density at radius 1 is 0.722 bits per heavy atom. The molecule has 0 amide bonds. The molecule has 18 heavy (non-hydrogen) atoms. The Labute approximate surface area is 122 Å². The average molecular weight is 289 g/mol. The standard InChI is InChI=1S/C11H24OS.C4H4S/c12-10-8-6-4-2-1-3-5-7-9-11-13;1-2-4-5-3-1/h12-13H,1-11H2;1-4H. The van der Waals surface area contributed by atoms with Gasteiger partial charge in [0.1, 0.15) is 0 Å². The van der Waals surface area contributed by atoms with Crippen molar-refractivity contribution in [1.82, 2.24) is 0 Å². The Kier molecular flexibility index (Phi) is 17.0. The third kappa shape index (κ3) is 16.0. The number of rotatable bonds is 10. The number of hydrogen-bond donors (Lipinski definition) is 2. The first-order valence-electron chi connectivity index (χ1n) is 7.10. The van der Waals surface area contributed by atoms with Crippen LogP contribution in [0.5, 0.6) is 0 Å². The minimum Gasteiger partial charge on any atom is -0.396 e. The number of thiophene rings is 1. The largest absolute Gasteiger partial charge is 0.396 e. The molecule has 106 valence electrons. The fourth-order valence-corrected chi connectivity index (χ4v) is 2.37. The van der Waals surface area contributed by atoms with E-state index in [4.69, 9.17) is 5.11 Å². The van der Waals surface area contributed by atoms with Crippen molar-refractivity contribution in [2.75, 3.05) is 12.4 Å². The van der Waals surface area contributed by atoms with E-state index in [1.807, 2.05) is 22.9 Å². The molecule has 0 aliphatic heterocycles. The molecule has 1 nitrogen and oxygen atoms in total. The van der Waals surface area contributed by atoms with Crippen LogP contribution in [0.2, 0.25) is 0 Å². The second kappa shape index (κ2) is 17.0. The minimum absolute atomic E-state index is 0.363. The van der Waals surface area contributed by atoms with Crippen LogP contribution in [0.3, 0.4) is 0 Å². The maximum absolute atomic E-state index is 8.56. The van der Waals surface area contributed by atoms with Gasteiger partial charge in [-0.2, -0.15) is 24.0 Å². The van der Waals surface area contributed by atoms with Crippen LogP contribution in [-0.2, 0) is 0 Å². The van der Waals surface area contributed by atoms with Gasteiger partial charge in [-0.1, -0.05) is 57.1 Å². The van der Waals surface area contributed by atoms with Crippen molar-refractivity contribution < 1.29 is 5.11 Å². The molecule has 0 radical (unpaired) electrons. The van der Waals surface area contributed by atoms with E-state index in [2.05, 4.69) is 12.6 Å². The van der Waals surface area contributed by atoms with Gasteiger partial charge in [0, 0.05) is 6.61 Å². The molecule has 0 aromatic carbocycles. The minimum atomic E-state index is 0.363. The SMILES string of the molecule is OCCCCCCCCCCCS.c1ccsc1. The van der Waals surface area contributed by atoms with Crippen LogP contribution in [0.25, 0.3) is 0 Å². The fraction of sp³-hybridized carbons (Fsp3) is 0.733. The van der Waals surface area contributed by atoms with Crippen LogP contribution in [-0.4, -0.2) is 17.5 Å². The average Bonchev–Trinajstić information content (AvgIpc) is 2.96. The lowest BCUT2D eigenvalue weighted by Gasteiger charge is -2.00. The number of hydrogen-bond acceptors (Lipinski definition) is 3. The number of aliphatic hydroxyl groups is 1. The van der Waals surface area contributed by atoms with Crippen LogP contribution >= 0.6 is 24.0 Å². The van der Waals surface area contributed by atoms with Crippen molar-refractivity contribution in [3.8, 4) is 0 Å². The Hall–Kier alpha value is 0.01000. The smallest absolute Gasteiger partial charge is 0.0431 e. The van der Waals surface area contributed by atoms with E-state index in [0.29, 0.717) is 6.61 Å². The second-order valence-corrected chi connectivity index (χ2v) is 5.69. The lowest BCUT2D eigenvalue weighted by atomic mass is 10.1. The zero-order valence-electron chi connectivity index (χ0n) is 11.4. The molecule has 1 aromatic heterocycles. The van der Waals surface area contributed by atoms with E-state index in [1.165, 1.54) is 51.4 Å². The van der Waals surface area contributed by atoms with E-state index in [0.717, 1.165) is 12.2 Å². The molecule has 0 bridgehead atoms. The molecule has 0 saturated heterocycles. The molecule has 1 rings (SSSR count). The normalized spacial score (nSPS) is 9.89. The Balaban J connectivity index is 0.000000473. The second-order valence-electron chi connectivity index (χ2n) is 4.42. The lowest BCUT2D eigenvalue weighted by Crippen LogP contribution is -1.84. The van der Waals surface area contributed by atoms with Gasteiger partial charge in [-0.25, -0.2) is 0 Å². The highest BCUT2D eigenvalue weighted by atomic mass is 32.1. The summed E-state index contributed by atoms with van der Waals surface area (Å²) in [4.78, 5) is 0. The molecule has 0 unspecified atom stereocenters. The van der Waals surface area contributed by atoms with Gasteiger partial charge in [0.25, 0.3) is 0 Å². The van der Waals surface area contributed by atoms with Crippen molar-refractivity contribution >= 4 is 24.0 Å². The van der Waals surface area contributed by atoms with Crippen molar-refractivity contribution in [2.45, 2.75) is 57.8 Å². The third-order valence-corrected chi connectivity index (χ3v) is 3.69. The summed E-state index contributed by atoms with van der Waals surface area (Å²) >= 11 is 5.89. The fourth-order valence-electron chi connectivity index (χ4n) is 1.69. The highest BCUT2D eigenvalue weighted by Crippen LogP contribution is 2.09. The maximum atomic E-state index is 8.56. The Morgan fingerprint density at radius 2 is 1.17 bits per heavy atom. The number of unbranched alkanes of at least 4 members (excludes halogenated alkanes) is 8. The summed E-state index contributed by atoms with van der Waals surface area (Å²) in [5.41, 5.74) is 0. The quantitative estimate of drug-likeness (QED) is 0.449. The first kappa shape index (κ1) is 18.0. The molecular weight excluding hydrogens is 260 g/mol. The summed E-state index contributed by atoms with van der Waals surface area (Å²) in [7, 11) is 0. The van der Waals surface area contributed by atoms with Crippen LogP contribution < -0.4 is 0 Å². The van der Waals surface area contributed by atoms with Crippen LogP contribution in [0.4, 0.5) is 0 Å². The summed E-state index contributed by atoms with van der Waals surface area (Å²) in [6.45, 7) is 0.363. The first-order valence-corrected chi connectivity index (χ1v) is 8.68. The van der Waals surface area contributed by atoms with Crippen molar-refractivity contribution in [1.29, 1.82) is 0 Å². The van der Waals surface area contributed by atoms with Crippen LogP contribution in [0, 0.1) is 0 Å². The van der Waals surface area contributed by atoms with Crippen molar-refractivity contribution in [2.24, 2.45) is 0 Å². The van der Waals surface area contributed by atoms with E-state index in [1.54, 1.807) is 11.3 Å². The molecule has 1 N–H and O–H groups in total. The first-order chi connectivity index (χ1) is 8.91. The van der Waals surface area contributed by atoms with E-state index in [9.17, 15) is 0 Å². The molecule has 0 fully saturated rings. The van der Waals surface area contributed by atoms with Gasteiger partial charge in [0.2, 0.25) is 0 Å². The molecular formula is C15H28OS2. The van der Waals surface area contributed by atoms with Gasteiger partial charge in [-0.15, -0.1) is 0 Å². The Bertz CT molecular complexity index is 185. The van der Waals surface area contributed by atoms with E-state index < -0.39 is 0 Å². The molecule has 0 aliphatic rings. The topological polar surface area (TPSA) is 20.2 Å². The third-order valence-electron chi connectivity index (χ3n) is 2.74. The summed E-state index contributed by atoms with van der Waals surface area (Å²) < 4.78 is 0. The van der Waals surface area contributed by atoms with Crippen molar-refractivity contribution in [3.05, 3.63) is 22.9 Å². The molecule has 0 spiro atoms. The molecule has 0 saturated carbocycles. The number of thiol groups is 1. The molecule has 0 aliphatic carbocycles. The predicted molar refractivity (Wildman–Crippen MR) is 86.8 cm³/mol. The van der Waals surface area contributed by atoms with Gasteiger partial charge in [-0.3, -0.25) is 0 Å². The van der Waals surface area contributed by atoms with Gasteiger partial charge in [-0.05, 0) is 29.4 Å². The van der Waals surface area contributed by atoms with Gasteiger partial charge >= 0.3 is 0 Å². The zero-order valence-corrected chi connectivity index (χ0v) is 13.1. The van der Waals surface area contributed by atoms with Crippen LogP contribution in [0.15, 0.2) is 22.9 Å². The number of aliphatic hydroxyl groups excluding tert-OH is 1. The van der Waals surface area contributed by atoms with E-state index >= 15 is 0 Å². The molecule has 1 aromatic rings. The summed E-state index contributed by atoms with van der Waals surface area (Å²) in [5, 5.41) is 12.6. The van der Waals surface area contributed by atoms with Gasteiger partial charge < -0.3 is 5.11 Å². The molecule has 1 heterocycles. The summed E-state index contributed by atoms with van der Waals surface area (Å²) in [5.74, 6) is 1.04. The van der Waals surface area contributed by atoms with Crippen molar-refractivity contribution in [3.63, 3.8) is 0 Å². The lowest BCUT2D eigenvalue weighted by molar-refractivity contribution is 0.282. The van der Waals surface area contributed by atoms with E-state index in [-0.39, 0.29) is 0 Å². The Morgan fingerprint density at radius 3 is 1.50 bits per heavy atom. The zero-order chi connectivity index (χ0) is 13.3. The molecule has 3 heteroatoms. The van der Waals surface area contributed by atoms with Crippen LogP contribution in [0.1, 0.15) is 57.8 Å². The highest BCUT2D eigenvalue weighted by Gasteiger charge is 1.91. The molecule has 0 atom stereocenters. The predicted octanol–water partition coefficient (Wildman–Crippen LogP) is 5.17. The van der Waals surface area contributed by atoms with Gasteiger partial charge in [0.05, 0.1) is 0 Å². The highest BCUT2D eigenvalue weighted by molar-refractivity contribution is 7.80. The monoisotopic (exact) mass is 288 g/mol. The summed E-state index contributed by atoms with van der Waals surface area (Å²) in [6.07, 6.45) is 11.6. The maximum Gasteiger partial charge on any atom is 0.0431 e. The van der Waals surface area contributed by atoms with Gasteiger partial charge in [0.15, 0.2) is 0 Å². The summed E-state index contributed by atoms with van der Waals surface area (Å²) in [6, 6.07) is 4.04.